The van der Waals surface area contributed by atoms with Gasteiger partial charge in [-0.05, 0) is 12.1 Å². The number of nitrogens with zero attached hydrogens (tertiary/aromatic N) is 3. The van der Waals surface area contributed by atoms with Crippen molar-refractivity contribution in [2.75, 3.05) is 12.4 Å². The summed E-state index contributed by atoms with van der Waals surface area (Å²) in [5.74, 6) is -0.134. The van der Waals surface area contributed by atoms with Crippen molar-refractivity contribution in [1.29, 1.82) is 0 Å². The molecule has 12 nitrogen and oxygen atoms in total. The van der Waals surface area contributed by atoms with Gasteiger partial charge in [-0.1, -0.05) is 12.1 Å². The molecule has 0 atom stereocenters. The molecule has 29 heavy (non-hydrogen) atoms. The second-order valence-electron chi connectivity index (χ2n) is 5.57. The molecule has 2 N–H and O–H groups in total. The fourth-order valence-electron chi connectivity index (χ4n) is 2.43. The third-order valence-corrected chi connectivity index (χ3v) is 3.70. The van der Waals surface area contributed by atoms with Gasteiger partial charge in [-0.3, -0.25) is 30.1 Å². The SMILES string of the molecule is COc1ccccc1Oc1cc(NC(=O)c2[nH]ncc2[N+](=O)[O-])cc([N+](=O)[O-])c1. The lowest BCUT2D eigenvalue weighted by molar-refractivity contribution is -0.385. The Bertz CT molecular complexity index is 1100. The summed E-state index contributed by atoms with van der Waals surface area (Å²) in [5.41, 5.74) is -1.28. The Kier molecular flexibility index (Phi) is 5.35. The second kappa shape index (κ2) is 8.04. The number of non-ortho nitro benzene ring substituents is 1. The predicted octanol–water partition coefficient (Wildman–Crippen LogP) is 3.28. The Labute approximate surface area is 162 Å². The highest BCUT2D eigenvalue weighted by Crippen LogP contribution is 2.34. The molecule has 0 aliphatic rings. The van der Waals surface area contributed by atoms with Gasteiger partial charge in [0.2, 0.25) is 5.69 Å². The molecule has 1 aromatic heterocycles. The number of aromatic nitrogens is 2. The van der Waals surface area contributed by atoms with Gasteiger partial charge in [0.1, 0.15) is 11.9 Å². The van der Waals surface area contributed by atoms with Crippen molar-refractivity contribution >= 4 is 23.0 Å². The van der Waals surface area contributed by atoms with Crippen LogP contribution in [-0.4, -0.2) is 33.1 Å². The van der Waals surface area contributed by atoms with Crippen LogP contribution in [0.2, 0.25) is 0 Å². The first kappa shape index (κ1) is 19.3. The smallest absolute Gasteiger partial charge is 0.319 e. The number of nitro groups is 2. The van der Waals surface area contributed by atoms with Gasteiger partial charge in [-0.2, -0.15) is 5.10 Å². The molecular weight excluding hydrogens is 386 g/mol. The van der Waals surface area contributed by atoms with E-state index in [0.717, 1.165) is 12.3 Å². The van der Waals surface area contributed by atoms with Crippen LogP contribution in [0.4, 0.5) is 17.1 Å². The van der Waals surface area contributed by atoms with Gasteiger partial charge in [0.05, 0.1) is 28.7 Å². The maximum atomic E-state index is 12.3. The van der Waals surface area contributed by atoms with Crippen molar-refractivity contribution in [3.8, 4) is 17.2 Å². The monoisotopic (exact) mass is 399 g/mol. The van der Waals surface area contributed by atoms with Crippen LogP contribution in [0, 0.1) is 20.2 Å². The average molecular weight is 399 g/mol. The zero-order chi connectivity index (χ0) is 21.0. The molecular formula is C17H13N5O7. The van der Waals surface area contributed by atoms with E-state index in [9.17, 15) is 25.0 Å². The number of nitrogens with one attached hydrogen (secondary N) is 2. The topological polar surface area (TPSA) is 163 Å². The molecule has 0 saturated carbocycles. The summed E-state index contributed by atoms with van der Waals surface area (Å²) in [5, 5.41) is 30.2. The van der Waals surface area contributed by atoms with E-state index in [4.69, 9.17) is 9.47 Å². The third kappa shape index (κ3) is 4.27. The number of para-hydroxylation sites is 2. The van der Waals surface area contributed by atoms with Gasteiger partial charge in [0.15, 0.2) is 11.5 Å². The zero-order valence-electron chi connectivity index (χ0n) is 14.8. The normalized spacial score (nSPS) is 10.2. The Hall–Kier alpha value is -4.48. The van der Waals surface area contributed by atoms with Crippen molar-refractivity contribution in [1.82, 2.24) is 10.2 Å². The van der Waals surface area contributed by atoms with Crippen LogP contribution in [0.3, 0.4) is 0 Å². The largest absolute Gasteiger partial charge is 0.493 e. The second-order valence-corrected chi connectivity index (χ2v) is 5.57. The Morgan fingerprint density at radius 3 is 2.48 bits per heavy atom. The molecule has 0 saturated heterocycles. The first-order valence-corrected chi connectivity index (χ1v) is 7.98. The summed E-state index contributed by atoms with van der Waals surface area (Å²) in [6, 6.07) is 10.3. The number of carbonyl (C=O) groups is 1. The summed E-state index contributed by atoms with van der Waals surface area (Å²) >= 11 is 0. The molecule has 2 aromatic carbocycles. The van der Waals surface area contributed by atoms with Crippen molar-refractivity contribution in [3.63, 3.8) is 0 Å². The molecule has 0 spiro atoms. The zero-order valence-corrected chi connectivity index (χ0v) is 14.8. The summed E-state index contributed by atoms with van der Waals surface area (Å²) < 4.78 is 10.8. The number of benzene rings is 2. The maximum Gasteiger partial charge on any atom is 0.319 e. The van der Waals surface area contributed by atoms with Crippen LogP contribution < -0.4 is 14.8 Å². The predicted molar refractivity (Wildman–Crippen MR) is 99.4 cm³/mol. The van der Waals surface area contributed by atoms with E-state index in [0.29, 0.717) is 11.5 Å². The highest BCUT2D eigenvalue weighted by Gasteiger charge is 2.23. The number of aromatic amines is 1. The van der Waals surface area contributed by atoms with Gasteiger partial charge >= 0.3 is 5.69 Å². The molecule has 3 aromatic rings. The molecule has 0 radical (unpaired) electrons. The molecule has 1 amide bonds. The van der Waals surface area contributed by atoms with E-state index in [1.165, 1.54) is 19.2 Å². The Balaban J connectivity index is 1.93. The first-order valence-electron chi connectivity index (χ1n) is 7.98. The number of hydrogen-bond donors (Lipinski definition) is 2. The highest BCUT2D eigenvalue weighted by molar-refractivity contribution is 6.05. The number of amides is 1. The number of carbonyl (C=O) groups excluding carboxylic acids is 1. The maximum absolute atomic E-state index is 12.3. The molecule has 0 aliphatic carbocycles. The van der Waals surface area contributed by atoms with Gasteiger partial charge in [0, 0.05) is 12.1 Å². The van der Waals surface area contributed by atoms with Gasteiger partial charge < -0.3 is 14.8 Å². The molecule has 12 heteroatoms. The first-order chi connectivity index (χ1) is 13.9. The number of rotatable bonds is 7. The average Bonchev–Trinajstić information content (AvgIpc) is 3.18. The number of nitro benzene ring substituents is 1. The van der Waals surface area contributed by atoms with Crippen LogP contribution in [-0.2, 0) is 0 Å². The van der Waals surface area contributed by atoms with E-state index < -0.39 is 27.1 Å². The summed E-state index contributed by atoms with van der Waals surface area (Å²) in [4.78, 5) is 33.1. The van der Waals surface area contributed by atoms with Gasteiger partial charge in [-0.15, -0.1) is 0 Å². The van der Waals surface area contributed by atoms with Crippen LogP contribution in [0.15, 0.2) is 48.7 Å². The molecule has 148 valence electrons. The van der Waals surface area contributed by atoms with E-state index in [1.54, 1.807) is 24.3 Å². The van der Waals surface area contributed by atoms with Gasteiger partial charge in [-0.25, -0.2) is 0 Å². The lowest BCUT2D eigenvalue weighted by atomic mass is 10.2. The van der Waals surface area contributed by atoms with Crippen molar-refractivity contribution < 1.29 is 24.1 Å². The molecule has 0 fully saturated rings. The van der Waals surface area contributed by atoms with Crippen LogP contribution in [0.5, 0.6) is 17.2 Å². The van der Waals surface area contributed by atoms with E-state index in [-0.39, 0.29) is 17.1 Å². The number of anilines is 1. The lowest BCUT2D eigenvalue weighted by Gasteiger charge is -2.11. The number of ether oxygens (including phenoxy) is 2. The molecule has 0 bridgehead atoms. The summed E-state index contributed by atoms with van der Waals surface area (Å²) in [6.07, 6.45) is 0.887. The fraction of sp³-hybridized carbons (Fsp3) is 0.0588. The van der Waals surface area contributed by atoms with E-state index >= 15 is 0 Å². The molecule has 3 rings (SSSR count). The Morgan fingerprint density at radius 1 is 1.10 bits per heavy atom. The Morgan fingerprint density at radius 2 is 1.83 bits per heavy atom. The minimum atomic E-state index is -0.891. The standard InChI is InChI=1S/C17H13N5O7/c1-28-14-4-2-3-5-15(14)29-12-7-10(6-11(8-12)21(24)25)19-17(23)16-13(22(26)27)9-18-20-16/h2-9H,1H3,(H,18,20)(H,19,23). The van der Waals surface area contributed by atoms with Crippen LogP contribution >= 0.6 is 0 Å². The van der Waals surface area contributed by atoms with Crippen molar-refractivity contribution in [2.45, 2.75) is 0 Å². The highest BCUT2D eigenvalue weighted by atomic mass is 16.6. The molecule has 0 aliphatic heterocycles. The van der Waals surface area contributed by atoms with Crippen LogP contribution in [0.25, 0.3) is 0 Å². The molecule has 1 heterocycles. The fourth-order valence-corrected chi connectivity index (χ4v) is 2.43. The third-order valence-electron chi connectivity index (χ3n) is 3.70. The lowest BCUT2D eigenvalue weighted by Crippen LogP contribution is -2.14. The minimum absolute atomic E-state index is 0.00186. The molecule has 0 unspecified atom stereocenters. The van der Waals surface area contributed by atoms with Gasteiger partial charge in [0.25, 0.3) is 11.6 Å². The quantitative estimate of drug-likeness (QED) is 0.451. The number of H-pyrrole nitrogens is 1. The minimum Gasteiger partial charge on any atom is -0.493 e. The summed E-state index contributed by atoms with van der Waals surface area (Å²) in [6.45, 7) is 0. The van der Waals surface area contributed by atoms with E-state index in [1.807, 2.05) is 0 Å². The number of hydrogen-bond acceptors (Lipinski definition) is 8. The number of methoxy groups -OCH3 is 1. The summed E-state index contributed by atoms with van der Waals surface area (Å²) in [7, 11) is 1.44. The van der Waals surface area contributed by atoms with Crippen molar-refractivity contribution in [2.24, 2.45) is 0 Å². The van der Waals surface area contributed by atoms with Crippen LogP contribution in [0.1, 0.15) is 10.5 Å². The van der Waals surface area contributed by atoms with E-state index in [2.05, 4.69) is 15.5 Å². The van der Waals surface area contributed by atoms with Crippen molar-refractivity contribution in [3.05, 3.63) is 74.6 Å².